The summed E-state index contributed by atoms with van der Waals surface area (Å²) >= 11 is 0. The average Bonchev–Trinajstić information content (AvgIpc) is 2.91. The number of carbonyl (C=O) groups excluding carboxylic acids is 1. The highest BCUT2D eigenvalue weighted by molar-refractivity contribution is 5.93. The Morgan fingerprint density at radius 2 is 2.10 bits per heavy atom. The van der Waals surface area contributed by atoms with Crippen LogP contribution in [0.2, 0.25) is 0 Å². The molecule has 0 spiro atoms. The lowest BCUT2D eigenvalue weighted by atomic mass is 10.1. The number of benzene rings is 1. The Kier molecular flexibility index (Phi) is 3.51. The largest absolute Gasteiger partial charge is 0.361 e. The average molecular weight is 282 g/mol. The van der Waals surface area contributed by atoms with Crippen LogP contribution in [-0.2, 0) is 6.42 Å². The fourth-order valence-corrected chi connectivity index (χ4v) is 2.25. The van der Waals surface area contributed by atoms with Crippen molar-refractivity contribution in [3.8, 4) is 0 Å². The summed E-state index contributed by atoms with van der Waals surface area (Å²) in [5.74, 6) is -0.413. The van der Waals surface area contributed by atoms with E-state index in [2.05, 4.69) is 20.3 Å². The van der Waals surface area contributed by atoms with Crippen LogP contribution >= 0.6 is 0 Å². The van der Waals surface area contributed by atoms with Gasteiger partial charge in [0.1, 0.15) is 5.56 Å². The van der Waals surface area contributed by atoms with Gasteiger partial charge in [0.2, 0.25) is 0 Å². The number of carbonyl (C=O) groups is 1. The molecule has 1 amide bonds. The third kappa shape index (κ3) is 2.69. The molecule has 3 N–H and O–H groups in total. The minimum atomic E-state index is -0.436. The Labute approximate surface area is 120 Å². The summed E-state index contributed by atoms with van der Waals surface area (Å²) in [6.45, 7) is 0.453. The number of aromatic amines is 2. The maximum absolute atomic E-state index is 11.9. The predicted molar refractivity (Wildman–Crippen MR) is 79.2 cm³/mol. The first-order valence-corrected chi connectivity index (χ1v) is 6.61. The molecule has 0 unspecified atom stereocenters. The van der Waals surface area contributed by atoms with Crippen molar-refractivity contribution >= 4 is 16.8 Å². The van der Waals surface area contributed by atoms with E-state index in [1.54, 1.807) is 0 Å². The van der Waals surface area contributed by atoms with Crippen LogP contribution in [0.25, 0.3) is 10.9 Å². The second-order valence-electron chi connectivity index (χ2n) is 4.66. The van der Waals surface area contributed by atoms with Gasteiger partial charge in [0.05, 0.1) is 6.33 Å². The van der Waals surface area contributed by atoms with Gasteiger partial charge >= 0.3 is 0 Å². The molecule has 106 valence electrons. The van der Waals surface area contributed by atoms with Gasteiger partial charge < -0.3 is 15.3 Å². The van der Waals surface area contributed by atoms with Gasteiger partial charge in [-0.25, -0.2) is 4.98 Å². The molecule has 0 aliphatic carbocycles. The Morgan fingerprint density at radius 3 is 2.95 bits per heavy atom. The fraction of sp³-hybridized carbons (Fsp3) is 0.133. The lowest BCUT2D eigenvalue weighted by Crippen LogP contribution is -2.31. The third-order valence-electron chi connectivity index (χ3n) is 3.32. The van der Waals surface area contributed by atoms with Crippen molar-refractivity contribution in [3.05, 3.63) is 64.5 Å². The van der Waals surface area contributed by atoms with Crippen LogP contribution in [-0.4, -0.2) is 27.4 Å². The standard InChI is InChI=1S/C15H14N4O2/c20-14(12-8-16-9-19-15(12)21)17-6-5-10-7-18-13-4-2-1-3-11(10)13/h1-4,7-9,18H,5-6H2,(H,17,20)(H,16,19,21). The van der Waals surface area contributed by atoms with Crippen molar-refractivity contribution in [2.45, 2.75) is 6.42 Å². The van der Waals surface area contributed by atoms with Crippen LogP contribution in [0.5, 0.6) is 0 Å². The lowest BCUT2D eigenvalue weighted by molar-refractivity contribution is 0.0952. The topological polar surface area (TPSA) is 90.6 Å². The first-order chi connectivity index (χ1) is 10.3. The minimum Gasteiger partial charge on any atom is -0.361 e. The molecule has 0 aliphatic heterocycles. The summed E-state index contributed by atoms with van der Waals surface area (Å²) in [5.41, 5.74) is 1.79. The number of para-hydroxylation sites is 1. The highest BCUT2D eigenvalue weighted by atomic mass is 16.2. The number of nitrogens with zero attached hydrogens (tertiary/aromatic N) is 1. The zero-order valence-electron chi connectivity index (χ0n) is 11.2. The smallest absolute Gasteiger partial charge is 0.263 e. The van der Waals surface area contributed by atoms with Crippen LogP contribution in [0, 0.1) is 0 Å². The van der Waals surface area contributed by atoms with Gasteiger partial charge in [-0.3, -0.25) is 9.59 Å². The van der Waals surface area contributed by atoms with Crippen molar-refractivity contribution in [1.29, 1.82) is 0 Å². The van der Waals surface area contributed by atoms with Crippen molar-refractivity contribution in [3.63, 3.8) is 0 Å². The first-order valence-electron chi connectivity index (χ1n) is 6.61. The molecule has 2 heterocycles. The fourth-order valence-electron chi connectivity index (χ4n) is 2.25. The van der Waals surface area contributed by atoms with Crippen LogP contribution in [0.15, 0.2) is 47.8 Å². The minimum absolute atomic E-state index is 0.0245. The van der Waals surface area contributed by atoms with Gasteiger partial charge in [-0.2, -0.15) is 0 Å². The molecule has 3 aromatic rings. The number of aromatic nitrogens is 3. The molecular formula is C15H14N4O2. The second-order valence-corrected chi connectivity index (χ2v) is 4.66. The van der Waals surface area contributed by atoms with Gasteiger partial charge in [0.15, 0.2) is 0 Å². The maximum atomic E-state index is 11.9. The van der Waals surface area contributed by atoms with E-state index in [1.807, 2.05) is 30.5 Å². The quantitative estimate of drug-likeness (QED) is 0.672. The predicted octanol–water partition coefficient (Wildman–Crippen LogP) is 1.22. The number of H-pyrrole nitrogens is 2. The summed E-state index contributed by atoms with van der Waals surface area (Å²) in [6.07, 6.45) is 5.15. The van der Waals surface area contributed by atoms with Crippen molar-refractivity contribution in [2.75, 3.05) is 6.54 Å². The van der Waals surface area contributed by atoms with Gasteiger partial charge in [-0.15, -0.1) is 0 Å². The van der Waals surface area contributed by atoms with E-state index in [1.165, 1.54) is 12.5 Å². The van der Waals surface area contributed by atoms with E-state index >= 15 is 0 Å². The Morgan fingerprint density at radius 1 is 1.24 bits per heavy atom. The van der Waals surface area contributed by atoms with E-state index in [-0.39, 0.29) is 5.56 Å². The molecule has 6 nitrogen and oxygen atoms in total. The van der Waals surface area contributed by atoms with Crippen molar-refractivity contribution in [2.24, 2.45) is 0 Å². The monoisotopic (exact) mass is 282 g/mol. The van der Waals surface area contributed by atoms with Crippen LogP contribution in [0.1, 0.15) is 15.9 Å². The number of rotatable bonds is 4. The maximum Gasteiger partial charge on any atom is 0.263 e. The number of nitrogens with one attached hydrogen (secondary N) is 3. The normalized spacial score (nSPS) is 10.7. The molecule has 6 heteroatoms. The second kappa shape index (κ2) is 5.62. The zero-order chi connectivity index (χ0) is 14.7. The van der Waals surface area contributed by atoms with E-state index in [4.69, 9.17) is 0 Å². The van der Waals surface area contributed by atoms with E-state index in [0.29, 0.717) is 13.0 Å². The zero-order valence-corrected chi connectivity index (χ0v) is 11.2. The Hall–Kier alpha value is -2.89. The third-order valence-corrected chi connectivity index (χ3v) is 3.32. The van der Waals surface area contributed by atoms with Crippen LogP contribution in [0.3, 0.4) is 0 Å². The molecule has 0 atom stereocenters. The van der Waals surface area contributed by atoms with E-state index in [9.17, 15) is 9.59 Å². The molecule has 0 aliphatic rings. The lowest BCUT2D eigenvalue weighted by Gasteiger charge is -2.03. The number of hydrogen-bond acceptors (Lipinski definition) is 3. The Bertz CT molecular complexity index is 835. The molecule has 0 radical (unpaired) electrons. The molecule has 3 rings (SSSR count). The molecule has 0 saturated heterocycles. The van der Waals surface area contributed by atoms with Crippen molar-refractivity contribution < 1.29 is 4.79 Å². The summed E-state index contributed by atoms with van der Waals surface area (Å²) < 4.78 is 0. The summed E-state index contributed by atoms with van der Waals surface area (Å²) in [4.78, 5) is 32.7. The Balaban J connectivity index is 1.65. The van der Waals surface area contributed by atoms with Crippen LogP contribution < -0.4 is 10.9 Å². The SMILES string of the molecule is O=C(NCCc1c[nH]c2ccccc12)c1cnc[nH]c1=O. The molecular weight excluding hydrogens is 268 g/mol. The highest BCUT2D eigenvalue weighted by Gasteiger charge is 2.10. The number of amides is 1. The van der Waals surface area contributed by atoms with Crippen molar-refractivity contribution in [1.82, 2.24) is 20.3 Å². The molecule has 0 bridgehead atoms. The number of fused-ring (bicyclic) bond motifs is 1. The summed E-state index contributed by atoms with van der Waals surface area (Å²) in [5, 5.41) is 3.87. The van der Waals surface area contributed by atoms with Gasteiger partial charge in [0, 0.05) is 29.8 Å². The first kappa shape index (κ1) is 13.1. The highest BCUT2D eigenvalue weighted by Crippen LogP contribution is 2.17. The molecule has 2 aromatic heterocycles. The molecule has 1 aromatic carbocycles. The number of hydrogen-bond donors (Lipinski definition) is 3. The van der Waals surface area contributed by atoms with Gasteiger partial charge in [-0.05, 0) is 18.1 Å². The molecule has 21 heavy (non-hydrogen) atoms. The molecule has 0 fully saturated rings. The van der Waals surface area contributed by atoms with E-state index in [0.717, 1.165) is 16.5 Å². The summed E-state index contributed by atoms with van der Waals surface area (Å²) in [7, 11) is 0. The molecule has 0 saturated carbocycles. The van der Waals surface area contributed by atoms with Crippen LogP contribution in [0.4, 0.5) is 0 Å². The van der Waals surface area contributed by atoms with Gasteiger partial charge in [0.25, 0.3) is 11.5 Å². The van der Waals surface area contributed by atoms with E-state index < -0.39 is 11.5 Å². The summed E-state index contributed by atoms with van der Waals surface area (Å²) in [6, 6.07) is 7.99. The van der Waals surface area contributed by atoms with Gasteiger partial charge in [-0.1, -0.05) is 18.2 Å².